The molecule has 1 saturated heterocycles. The van der Waals surface area contributed by atoms with Crippen LogP contribution in [0.4, 0.5) is 4.39 Å². The molecular formula is C10H20FN. The van der Waals surface area contributed by atoms with Crippen LogP contribution in [0, 0.1) is 5.41 Å². The van der Waals surface area contributed by atoms with Crippen LogP contribution in [0.15, 0.2) is 0 Å². The molecule has 0 saturated carbocycles. The number of alkyl halides is 1. The molecule has 0 spiro atoms. The molecule has 0 bridgehead atoms. The first-order chi connectivity index (χ1) is 5.47. The molecule has 1 fully saturated rings. The van der Waals surface area contributed by atoms with Gasteiger partial charge in [0, 0.05) is 13.1 Å². The molecule has 12 heavy (non-hydrogen) atoms. The van der Waals surface area contributed by atoms with Crippen LogP contribution in [0.5, 0.6) is 0 Å². The quantitative estimate of drug-likeness (QED) is 0.589. The van der Waals surface area contributed by atoms with Crippen molar-refractivity contribution in [1.82, 2.24) is 4.90 Å². The van der Waals surface area contributed by atoms with Gasteiger partial charge in [0.05, 0.1) is 0 Å². The highest BCUT2D eigenvalue weighted by atomic mass is 19.1. The van der Waals surface area contributed by atoms with Crippen molar-refractivity contribution in [3.8, 4) is 0 Å². The summed E-state index contributed by atoms with van der Waals surface area (Å²) in [5.41, 5.74) is 0.303. The summed E-state index contributed by atoms with van der Waals surface area (Å²) >= 11 is 0. The van der Waals surface area contributed by atoms with Gasteiger partial charge in [0.1, 0.15) is 6.17 Å². The first kappa shape index (κ1) is 9.97. The molecule has 0 aromatic heterocycles. The van der Waals surface area contributed by atoms with Crippen molar-refractivity contribution >= 4 is 0 Å². The van der Waals surface area contributed by atoms with E-state index in [1.165, 1.54) is 0 Å². The van der Waals surface area contributed by atoms with E-state index in [0.29, 0.717) is 12.0 Å². The Morgan fingerprint density at radius 1 is 1.42 bits per heavy atom. The number of piperidine rings is 1. The van der Waals surface area contributed by atoms with E-state index < -0.39 is 6.17 Å². The number of hydrogen-bond acceptors (Lipinski definition) is 1. The van der Waals surface area contributed by atoms with Crippen LogP contribution >= 0.6 is 0 Å². The third kappa shape index (κ3) is 3.53. The highest BCUT2D eigenvalue weighted by Gasteiger charge is 2.22. The average molecular weight is 173 g/mol. The lowest BCUT2D eigenvalue weighted by Crippen LogP contribution is -2.41. The van der Waals surface area contributed by atoms with E-state index in [0.717, 1.165) is 25.9 Å². The summed E-state index contributed by atoms with van der Waals surface area (Å²) in [6.07, 6.45) is 1.21. The van der Waals surface area contributed by atoms with Gasteiger partial charge in [-0.05, 0) is 24.8 Å². The van der Waals surface area contributed by atoms with Crippen molar-refractivity contribution in [1.29, 1.82) is 0 Å². The summed E-state index contributed by atoms with van der Waals surface area (Å²) in [5.74, 6) is 0. The molecule has 0 amide bonds. The maximum atomic E-state index is 13.0. The molecule has 1 aliphatic heterocycles. The SMILES string of the molecule is CC(C)(C)CN1CCC[C@@H](F)C1. The van der Waals surface area contributed by atoms with E-state index in [9.17, 15) is 4.39 Å². The van der Waals surface area contributed by atoms with Crippen molar-refractivity contribution in [2.24, 2.45) is 5.41 Å². The zero-order chi connectivity index (χ0) is 9.19. The Labute approximate surface area is 74.9 Å². The minimum Gasteiger partial charge on any atom is -0.300 e. The van der Waals surface area contributed by atoms with Gasteiger partial charge in [-0.3, -0.25) is 4.90 Å². The zero-order valence-electron chi connectivity index (χ0n) is 8.44. The Balaban J connectivity index is 2.32. The second-order valence-electron chi connectivity index (χ2n) is 5.04. The van der Waals surface area contributed by atoms with Gasteiger partial charge in [0.25, 0.3) is 0 Å². The molecule has 0 aliphatic carbocycles. The van der Waals surface area contributed by atoms with Crippen molar-refractivity contribution < 1.29 is 4.39 Å². The average Bonchev–Trinajstić information content (AvgIpc) is 1.82. The van der Waals surface area contributed by atoms with Gasteiger partial charge in [0.15, 0.2) is 0 Å². The van der Waals surface area contributed by atoms with Gasteiger partial charge in [0.2, 0.25) is 0 Å². The molecule has 1 aliphatic rings. The number of rotatable bonds is 1. The summed E-state index contributed by atoms with van der Waals surface area (Å²) in [4.78, 5) is 2.24. The zero-order valence-corrected chi connectivity index (χ0v) is 8.44. The summed E-state index contributed by atoms with van der Waals surface area (Å²) < 4.78 is 13.0. The highest BCUT2D eigenvalue weighted by Crippen LogP contribution is 2.19. The number of hydrogen-bond donors (Lipinski definition) is 0. The fourth-order valence-electron chi connectivity index (χ4n) is 1.81. The smallest absolute Gasteiger partial charge is 0.113 e. The van der Waals surface area contributed by atoms with E-state index in [1.54, 1.807) is 0 Å². The summed E-state index contributed by atoms with van der Waals surface area (Å²) in [6.45, 7) is 9.36. The highest BCUT2D eigenvalue weighted by molar-refractivity contribution is 4.76. The predicted octanol–water partition coefficient (Wildman–Crippen LogP) is 2.47. The van der Waals surface area contributed by atoms with Crippen LogP contribution < -0.4 is 0 Å². The molecule has 1 heterocycles. The maximum absolute atomic E-state index is 13.0. The maximum Gasteiger partial charge on any atom is 0.113 e. The van der Waals surface area contributed by atoms with Crippen LogP contribution in [0.2, 0.25) is 0 Å². The number of likely N-dealkylation sites (tertiary alicyclic amines) is 1. The summed E-state index contributed by atoms with van der Waals surface area (Å²) in [5, 5.41) is 0. The molecule has 0 unspecified atom stereocenters. The monoisotopic (exact) mass is 173 g/mol. The van der Waals surface area contributed by atoms with Crippen LogP contribution in [0.1, 0.15) is 33.6 Å². The topological polar surface area (TPSA) is 3.24 Å². The van der Waals surface area contributed by atoms with Crippen LogP contribution in [-0.4, -0.2) is 30.7 Å². The molecule has 0 aromatic rings. The first-order valence-electron chi connectivity index (χ1n) is 4.84. The van der Waals surface area contributed by atoms with Gasteiger partial charge in [-0.2, -0.15) is 0 Å². The van der Waals surface area contributed by atoms with E-state index >= 15 is 0 Å². The molecule has 2 heteroatoms. The van der Waals surface area contributed by atoms with Crippen LogP contribution in [0.3, 0.4) is 0 Å². The fourth-order valence-corrected chi connectivity index (χ4v) is 1.81. The number of nitrogens with zero attached hydrogens (tertiary/aromatic N) is 1. The molecule has 1 atom stereocenters. The molecule has 1 rings (SSSR count). The van der Waals surface area contributed by atoms with Crippen LogP contribution in [-0.2, 0) is 0 Å². The minimum atomic E-state index is -0.582. The lowest BCUT2D eigenvalue weighted by Gasteiger charge is -2.33. The fraction of sp³-hybridized carbons (Fsp3) is 1.00. The van der Waals surface area contributed by atoms with Crippen molar-refractivity contribution in [3.05, 3.63) is 0 Å². The molecule has 1 nitrogen and oxygen atoms in total. The minimum absolute atomic E-state index is 0.303. The van der Waals surface area contributed by atoms with Gasteiger partial charge in [-0.15, -0.1) is 0 Å². The lowest BCUT2D eigenvalue weighted by atomic mass is 9.95. The van der Waals surface area contributed by atoms with Gasteiger partial charge >= 0.3 is 0 Å². The van der Waals surface area contributed by atoms with Crippen molar-refractivity contribution in [2.75, 3.05) is 19.6 Å². The summed E-state index contributed by atoms with van der Waals surface area (Å²) in [7, 11) is 0. The Kier molecular flexibility index (Phi) is 3.10. The van der Waals surface area contributed by atoms with Gasteiger partial charge in [-0.25, -0.2) is 4.39 Å². The normalized spacial score (nSPS) is 27.5. The second kappa shape index (κ2) is 3.73. The molecule has 72 valence electrons. The Hall–Kier alpha value is -0.110. The second-order valence-corrected chi connectivity index (χ2v) is 5.04. The van der Waals surface area contributed by atoms with Crippen molar-refractivity contribution in [2.45, 2.75) is 39.8 Å². The van der Waals surface area contributed by atoms with E-state index in [4.69, 9.17) is 0 Å². The predicted molar refractivity (Wildman–Crippen MR) is 50.0 cm³/mol. The molecule has 0 radical (unpaired) electrons. The Morgan fingerprint density at radius 3 is 2.58 bits per heavy atom. The third-order valence-corrected chi connectivity index (χ3v) is 2.15. The van der Waals surface area contributed by atoms with Gasteiger partial charge in [-0.1, -0.05) is 20.8 Å². The largest absolute Gasteiger partial charge is 0.300 e. The van der Waals surface area contributed by atoms with Crippen LogP contribution in [0.25, 0.3) is 0 Å². The Morgan fingerprint density at radius 2 is 2.08 bits per heavy atom. The van der Waals surface area contributed by atoms with E-state index in [1.807, 2.05) is 0 Å². The van der Waals surface area contributed by atoms with E-state index in [-0.39, 0.29) is 0 Å². The molecular weight excluding hydrogens is 153 g/mol. The molecule has 0 aromatic carbocycles. The summed E-state index contributed by atoms with van der Waals surface area (Å²) in [6, 6.07) is 0. The van der Waals surface area contributed by atoms with Crippen molar-refractivity contribution in [3.63, 3.8) is 0 Å². The standard InChI is InChI=1S/C10H20FN/c1-10(2,3)8-12-6-4-5-9(11)7-12/h9H,4-8H2,1-3H3/t9-/m1/s1. The van der Waals surface area contributed by atoms with E-state index in [2.05, 4.69) is 25.7 Å². The molecule has 0 N–H and O–H groups in total. The lowest BCUT2D eigenvalue weighted by molar-refractivity contribution is 0.105. The number of halogens is 1. The van der Waals surface area contributed by atoms with Gasteiger partial charge < -0.3 is 0 Å². The first-order valence-corrected chi connectivity index (χ1v) is 4.84. The Bertz CT molecular complexity index is 139. The third-order valence-electron chi connectivity index (χ3n) is 2.15.